The summed E-state index contributed by atoms with van der Waals surface area (Å²) in [5.41, 5.74) is 1.96. The van der Waals surface area contributed by atoms with E-state index in [9.17, 15) is 0 Å². The van der Waals surface area contributed by atoms with Crippen LogP contribution >= 0.6 is 15.9 Å². The first-order valence-corrected chi connectivity index (χ1v) is 9.65. The number of nitrogens with zero attached hydrogens (tertiary/aromatic N) is 3. The Labute approximate surface area is 161 Å². The Kier molecular flexibility index (Phi) is 5.43. The van der Waals surface area contributed by atoms with Gasteiger partial charge in [-0.25, -0.2) is 9.97 Å². The van der Waals surface area contributed by atoms with E-state index in [1.54, 1.807) is 0 Å². The number of hydrogen-bond donors (Lipinski definition) is 1. The highest BCUT2D eigenvalue weighted by Gasteiger charge is 2.12. The molecule has 134 valence electrons. The van der Waals surface area contributed by atoms with Crippen LogP contribution in [-0.4, -0.2) is 54.3 Å². The summed E-state index contributed by atoms with van der Waals surface area (Å²) in [6.45, 7) is 5.44. The van der Waals surface area contributed by atoms with E-state index in [0.29, 0.717) is 0 Å². The summed E-state index contributed by atoms with van der Waals surface area (Å²) >= 11 is 3.56. The Morgan fingerprint density at radius 1 is 1.04 bits per heavy atom. The van der Waals surface area contributed by atoms with Gasteiger partial charge in [-0.1, -0.05) is 46.3 Å². The normalized spacial score (nSPS) is 15.3. The lowest BCUT2D eigenvalue weighted by atomic mass is 10.2. The highest BCUT2D eigenvalue weighted by Crippen LogP contribution is 2.27. The fourth-order valence-electron chi connectivity index (χ4n) is 3.11. The summed E-state index contributed by atoms with van der Waals surface area (Å²) in [7, 11) is 0. The molecule has 0 unspecified atom stereocenters. The number of hydrogen-bond acceptors (Lipinski definition) is 5. The van der Waals surface area contributed by atoms with E-state index < -0.39 is 0 Å². The molecule has 0 amide bonds. The number of benzene rings is 2. The van der Waals surface area contributed by atoms with Crippen molar-refractivity contribution in [2.75, 3.05) is 44.7 Å². The van der Waals surface area contributed by atoms with E-state index in [1.807, 2.05) is 42.5 Å². The minimum absolute atomic E-state index is 0.745. The van der Waals surface area contributed by atoms with E-state index in [2.05, 4.69) is 32.2 Å². The molecule has 1 aliphatic rings. The Morgan fingerprint density at radius 2 is 1.85 bits per heavy atom. The lowest BCUT2D eigenvalue weighted by molar-refractivity contribution is 0.0398. The third kappa shape index (κ3) is 4.03. The highest BCUT2D eigenvalue weighted by molar-refractivity contribution is 9.10. The number of rotatable bonds is 5. The zero-order valence-electron chi connectivity index (χ0n) is 14.5. The molecule has 5 nitrogen and oxygen atoms in total. The van der Waals surface area contributed by atoms with Gasteiger partial charge in [0.2, 0.25) is 0 Å². The molecule has 2 heterocycles. The fourth-order valence-corrected chi connectivity index (χ4v) is 3.47. The maximum atomic E-state index is 5.41. The van der Waals surface area contributed by atoms with Crippen LogP contribution in [0.4, 0.5) is 5.82 Å². The molecule has 4 rings (SSSR count). The van der Waals surface area contributed by atoms with Crippen molar-refractivity contribution in [3.8, 4) is 11.4 Å². The number of morpholine rings is 1. The van der Waals surface area contributed by atoms with E-state index in [4.69, 9.17) is 14.7 Å². The Hall–Kier alpha value is -2.02. The van der Waals surface area contributed by atoms with Gasteiger partial charge in [0.05, 0.1) is 18.7 Å². The Balaban J connectivity index is 1.61. The molecule has 0 spiro atoms. The van der Waals surface area contributed by atoms with E-state index in [-0.39, 0.29) is 0 Å². The van der Waals surface area contributed by atoms with Crippen molar-refractivity contribution in [3.05, 3.63) is 53.0 Å². The predicted octanol–water partition coefficient (Wildman–Crippen LogP) is 3.80. The van der Waals surface area contributed by atoms with Crippen molar-refractivity contribution in [2.24, 2.45) is 0 Å². The fraction of sp³-hybridized carbons (Fsp3) is 0.300. The minimum Gasteiger partial charge on any atom is -0.379 e. The summed E-state index contributed by atoms with van der Waals surface area (Å²) in [5.74, 6) is 1.62. The van der Waals surface area contributed by atoms with Gasteiger partial charge in [-0.3, -0.25) is 4.90 Å². The topological polar surface area (TPSA) is 50.3 Å². The molecular formula is C20H21BrN4O. The standard InChI is InChI=1S/C20H21BrN4O/c21-16-6-7-18-17(14-16)20(22-8-9-25-10-12-26-13-11-25)24-19(23-18)15-4-2-1-3-5-15/h1-7,14H,8-13H2,(H,22,23,24). The summed E-state index contributed by atoms with van der Waals surface area (Å²) in [4.78, 5) is 12.0. The van der Waals surface area contributed by atoms with Crippen LogP contribution in [0.5, 0.6) is 0 Å². The minimum atomic E-state index is 0.745. The molecule has 3 aromatic rings. The molecule has 1 fully saturated rings. The van der Waals surface area contributed by atoms with Crippen LogP contribution in [0.25, 0.3) is 22.3 Å². The second kappa shape index (κ2) is 8.12. The van der Waals surface area contributed by atoms with Crippen molar-refractivity contribution >= 4 is 32.7 Å². The maximum Gasteiger partial charge on any atom is 0.162 e. The van der Waals surface area contributed by atoms with Gasteiger partial charge >= 0.3 is 0 Å². The average molecular weight is 413 g/mol. The Bertz CT molecular complexity index is 882. The molecule has 2 aromatic carbocycles. The molecule has 0 radical (unpaired) electrons. The smallest absolute Gasteiger partial charge is 0.162 e. The zero-order valence-corrected chi connectivity index (χ0v) is 16.1. The van der Waals surface area contributed by atoms with Crippen molar-refractivity contribution in [1.29, 1.82) is 0 Å². The third-order valence-electron chi connectivity index (χ3n) is 4.51. The second-order valence-corrected chi connectivity index (χ2v) is 7.22. The summed E-state index contributed by atoms with van der Waals surface area (Å²) in [6, 6.07) is 16.2. The van der Waals surface area contributed by atoms with Gasteiger partial charge < -0.3 is 10.1 Å². The van der Waals surface area contributed by atoms with E-state index in [0.717, 1.165) is 72.0 Å². The first kappa shape index (κ1) is 17.4. The lowest BCUT2D eigenvalue weighted by Crippen LogP contribution is -2.39. The SMILES string of the molecule is Brc1ccc2nc(-c3ccccc3)nc(NCCN3CCOCC3)c2c1. The number of nitrogens with one attached hydrogen (secondary N) is 1. The molecule has 0 aliphatic carbocycles. The molecular weight excluding hydrogens is 392 g/mol. The Morgan fingerprint density at radius 3 is 2.65 bits per heavy atom. The van der Waals surface area contributed by atoms with Gasteiger partial charge in [0, 0.05) is 41.6 Å². The number of fused-ring (bicyclic) bond motifs is 1. The molecule has 6 heteroatoms. The number of halogens is 1. The monoisotopic (exact) mass is 412 g/mol. The summed E-state index contributed by atoms with van der Waals surface area (Å²) in [5, 5.41) is 4.55. The second-order valence-electron chi connectivity index (χ2n) is 6.30. The molecule has 0 saturated carbocycles. The van der Waals surface area contributed by atoms with Crippen LogP contribution in [0, 0.1) is 0 Å². The highest BCUT2D eigenvalue weighted by atomic mass is 79.9. The maximum absolute atomic E-state index is 5.41. The summed E-state index contributed by atoms with van der Waals surface area (Å²) in [6.07, 6.45) is 0. The van der Waals surface area contributed by atoms with Crippen molar-refractivity contribution < 1.29 is 4.74 Å². The van der Waals surface area contributed by atoms with Crippen LogP contribution in [0.1, 0.15) is 0 Å². The number of anilines is 1. The molecule has 26 heavy (non-hydrogen) atoms. The van der Waals surface area contributed by atoms with Crippen molar-refractivity contribution in [1.82, 2.24) is 14.9 Å². The van der Waals surface area contributed by atoms with Gasteiger partial charge in [-0.05, 0) is 18.2 Å². The zero-order chi connectivity index (χ0) is 17.8. The van der Waals surface area contributed by atoms with Crippen LogP contribution in [0.2, 0.25) is 0 Å². The van der Waals surface area contributed by atoms with Crippen LogP contribution in [0.3, 0.4) is 0 Å². The number of aromatic nitrogens is 2. The van der Waals surface area contributed by atoms with Gasteiger partial charge in [0.1, 0.15) is 5.82 Å². The van der Waals surface area contributed by atoms with Crippen molar-refractivity contribution in [2.45, 2.75) is 0 Å². The predicted molar refractivity (Wildman–Crippen MR) is 108 cm³/mol. The van der Waals surface area contributed by atoms with E-state index in [1.165, 1.54) is 0 Å². The van der Waals surface area contributed by atoms with Gasteiger partial charge in [0.15, 0.2) is 5.82 Å². The third-order valence-corrected chi connectivity index (χ3v) is 5.01. The molecule has 1 saturated heterocycles. The molecule has 0 atom stereocenters. The number of ether oxygens (including phenoxy) is 1. The summed E-state index contributed by atoms with van der Waals surface area (Å²) < 4.78 is 6.44. The first-order chi connectivity index (χ1) is 12.8. The molecule has 0 bridgehead atoms. The molecule has 1 aromatic heterocycles. The van der Waals surface area contributed by atoms with Crippen molar-refractivity contribution in [3.63, 3.8) is 0 Å². The van der Waals surface area contributed by atoms with Gasteiger partial charge in [-0.15, -0.1) is 0 Å². The largest absolute Gasteiger partial charge is 0.379 e. The van der Waals surface area contributed by atoms with Gasteiger partial charge in [0.25, 0.3) is 0 Å². The lowest BCUT2D eigenvalue weighted by Gasteiger charge is -2.26. The molecule has 1 N–H and O–H groups in total. The quantitative estimate of drug-likeness (QED) is 0.690. The van der Waals surface area contributed by atoms with Crippen LogP contribution in [-0.2, 0) is 4.74 Å². The van der Waals surface area contributed by atoms with E-state index >= 15 is 0 Å². The van der Waals surface area contributed by atoms with Crippen LogP contribution < -0.4 is 5.32 Å². The van der Waals surface area contributed by atoms with Crippen LogP contribution in [0.15, 0.2) is 53.0 Å². The molecule has 1 aliphatic heterocycles. The van der Waals surface area contributed by atoms with Gasteiger partial charge in [-0.2, -0.15) is 0 Å². The first-order valence-electron chi connectivity index (χ1n) is 8.86. The average Bonchev–Trinajstić information content (AvgIpc) is 2.69.